The Bertz CT molecular complexity index is 486. The van der Waals surface area contributed by atoms with Crippen LogP contribution in [0.2, 0.25) is 0 Å². The molecule has 2 heterocycles. The number of amides is 1. The van der Waals surface area contributed by atoms with E-state index in [0.29, 0.717) is 6.54 Å². The first-order chi connectivity index (χ1) is 9.22. The molecule has 102 valence electrons. The Morgan fingerprint density at radius 2 is 2.26 bits per heavy atom. The van der Waals surface area contributed by atoms with Gasteiger partial charge in [0.05, 0.1) is 5.92 Å². The van der Waals surface area contributed by atoms with E-state index in [1.165, 1.54) is 16.7 Å². The summed E-state index contributed by atoms with van der Waals surface area (Å²) in [6, 6.07) is 6.49. The molecule has 3 rings (SSSR count). The van der Waals surface area contributed by atoms with Gasteiger partial charge in [-0.25, -0.2) is 0 Å². The lowest BCUT2D eigenvalue weighted by atomic mass is 10.1. The van der Waals surface area contributed by atoms with Crippen LogP contribution in [0.1, 0.15) is 23.1 Å². The number of benzene rings is 1. The van der Waals surface area contributed by atoms with Crippen LogP contribution in [0.25, 0.3) is 0 Å². The van der Waals surface area contributed by atoms with Gasteiger partial charge in [-0.3, -0.25) is 4.79 Å². The van der Waals surface area contributed by atoms with E-state index < -0.39 is 0 Å². The summed E-state index contributed by atoms with van der Waals surface area (Å²) in [4.78, 5) is 14.3. The lowest BCUT2D eigenvalue weighted by Crippen LogP contribution is -2.31. The van der Waals surface area contributed by atoms with Crippen LogP contribution in [0.15, 0.2) is 18.2 Å². The number of carbonyl (C=O) groups is 1. The predicted octanol–water partition coefficient (Wildman–Crippen LogP) is 0.858. The van der Waals surface area contributed by atoms with Crippen LogP contribution in [0.3, 0.4) is 0 Å². The van der Waals surface area contributed by atoms with Crippen LogP contribution >= 0.6 is 0 Å². The molecule has 1 aromatic carbocycles. The van der Waals surface area contributed by atoms with Crippen molar-refractivity contribution in [3.05, 3.63) is 34.9 Å². The van der Waals surface area contributed by atoms with Gasteiger partial charge in [0.15, 0.2) is 0 Å². The minimum atomic E-state index is 0.168. The fourth-order valence-corrected chi connectivity index (χ4v) is 2.94. The summed E-state index contributed by atoms with van der Waals surface area (Å²) < 4.78 is 0. The fraction of sp³-hybridized carbons (Fsp3) is 0.533. The number of fused-ring (bicyclic) bond motifs is 1. The summed E-state index contributed by atoms with van der Waals surface area (Å²) in [5, 5.41) is 6.40. The van der Waals surface area contributed by atoms with Crippen molar-refractivity contribution in [3.63, 3.8) is 0 Å². The van der Waals surface area contributed by atoms with E-state index in [-0.39, 0.29) is 11.8 Å². The highest BCUT2D eigenvalue weighted by atomic mass is 16.1. The second-order valence-corrected chi connectivity index (χ2v) is 5.67. The van der Waals surface area contributed by atoms with Crippen molar-refractivity contribution >= 4 is 5.91 Å². The van der Waals surface area contributed by atoms with E-state index >= 15 is 0 Å². The maximum atomic E-state index is 12.0. The average Bonchev–Trinajstić information content (AvgIpc) is 3.03. The van der Waals surface area contributed by atoms with E-state index in [1.54, 1.807) is 0 Å². The van der Waals surface area contributed by atoms with Crippen LogP contribution < -0.4 is 10.6 Å². The van der Waals surface area contributed by atoms with Crippen LogP contribution in [-0.2, 0) is 24.4 Å². The molecule has 1 unspecified atom stereocenters. The monoisotopic (exact) mass is 259 g/mol. The lowest BCUT2D eigenvalue weighted by molar-refractivity contribution is -0.124. The normalized spacial score (nSPS) is 22.5. The van der Waals surface area contributed by atoms with Gasteiger partial charge in [-0.1, -0.05) is 18.2 Å². The van der Waals surface area contributed by atoms with E-state index in [1.807, 2.05) is 0 Å². The zero-order chi connectivity index (χ0) is 13.2. The molecular formula is C15H21N3O. The molecule has 19 heavy (non-hydrogen) atoms. The molecule has 1 aromatic rings. The van der Waals surface area contributed by atoms with Crippen molar-refractivity contribution in [1.29, 1.82) is 0 Å². The molecular weight excluding hydrogens is 238 g/mol. The van der Waals surface area contributed by atoms with Gasteiger partial charge in [-0.2, -0.15) is 0 Å². The molecule has 2 aliphatic heterocycles. The number of carbonyl (C=O) groups excluding carboxylic acids is 1. The summed E-state index contributed by atoms with van der Waals surface area (Å²) in [6.07, 6.45) is 0.983. The highest BCUT2D eigenvalue weighted by molar-refractivity contribution is 5.79. The fourth-order valence-electron chi connectivity index (χ4n) is 2.94. The van der Waals surface area contributed by atoms with Gasteiger partial charge in [0, 0.05) is 26.2 Å². The van der Waals surface area contributed by atoms with Crippen molar-refractivity contribution < 1.29 is 4.79 Å². The Labute approximate surface area is 114 Å². The van der Waals surface area contributed by atoms with Gasteiger partial charge >= 0.3 is 0 Å². The maximum Gasteiger partial charge on any atom is 0.224 e. The van der Waals surface area contributed by atoms with E-state index in [2.05, 4.69) is 40.8 Å². The van der Waals surface area contributed by atoms with Crippen LogP contribution in [0.4, 0.5) is 0 Å². The summed E-state index contributed by atoms with van der Waals surface area (Å²) in [6.45, 7) is 4.48. The minimum Gasteiger partial charge on any atom is -0.352 e. The highest BCUT2D eigenvalue weighted by Gasteiger charge is 2.25. The van der Waals surface area contributed by atoms with Crippen molar-refractivity contribution in [3.8, 4) is 0 Å². The molecule has 1 amide bonds. The third-order valence-electron chi connectivity index (χ3n) is 4.13. The second-order valence-electron chi connectivity index (χ2n) is 5.67. The van der Waals surface area contributed by atoms with Crippen molar-refractivity contribution in [2.75, 3.05) is 20.1 Å². The topological polar surface area (TPSA) is 44.4 Å². The van der Waals surface area contributed by atoms with Crippen molar-refractivity contribution in [2.45, 2.75) is 26.1 Å². The maximum absolute atomic E-state index is 12.0. The Kier molecular flexibility index (Phi) is 3.53. The molecule has 0 saturated carbocycles. The summed E-state index contributed by atoms with van der Waals surface area (Å²) in [5.41, 5.74) is 3.95. The highest BCUT2D eigenvalue weighted by Crippen LogP contribution is 2.18. The Morgan fingerprint density at radius 3 is 3.05 bits per heavy atom. The second kappa shape index (κ2) is 5.31. The summed E-state index contributed by atoms with van der Waals surface area (Å²) >= 11 is 0. The molecule has 1 saturated heterocycles. The summed E-state index contributed by atoms with van der Waals surface area (Å²) in [7, 11) is 2.07. The van der Waals surface area contributed by atoms with E-state index in [0.717, 1.165) is 32.6 Å². The van der Waals surface area contributed by atoms with Gasteiger partial charge < -0.3 is 15.5 Å². The Morgan fingerprint density at radius 1 is 1.42 bits per heavy atom. The minimum absolute atomic E-state index is 0.168. The van der Waals surface area contributed by atoms with E-state index in [4.69, 9.17) is 0 Å². The number of nitrogens with zero attached hydrogens (tertiary/aromatic N) is 1. The standard InChI is InChI=1S/C15H21N3O/c1-18-5-4-13(10-18)15(19)17-7-11-2-3-12-8-16-9-14(12)6-11/h2-3,6,13,16H,4-5,7-10H2,1H3,(H,17,19). The average molecular weight is 259 g/mol. The van der Waals surface area contributed by atoms with Crippen molar-refractivity contribution in [2.24, 2.45) is 5.92 Å². The largest absolute Gasteiger partial charge is 0.352 e. The van der Waals surface area contributed by atoms with Crippen molar-refractivity contribution in [1.82, 2.24) is 15.5 Å². The van der Waals surface area contributed by atoms with Gasteiger partial charge in [0.1, 0.15) is 0 Å². The first-order valence-corrected chi connectivity index (χ1v) is 7.00. The number of hydrogen-bond acceptors (Lipinski definition) is 3. The Balaban J connectivity index is 1.56. The molecule has 0 bridgehead atoms. The van der Waals surface area contributed by atoms with Gasteiger partial charge in [-0.05, 0) is 36.7 Å². The van der Waals surface area contributed by atoms with Gasteiger partial charge in [0.2, 0.25) is 5.91 Å². The zero-order valence-corrected chi connectivity index (χ0v) is 11.4. The Hall–Kier alpha value is -1.39. The third kappa shape index (κ3) is 2.80. The molecule has 4 heteroatoms. The molecule has 0 aliphatic carbocycles. The molecule has 0 spiro atoms. The third-order valence-corrected chi connectivity index (χ3v) is 4.13. The zero-order valence-electron chi connectivity index (χ0n) is 11.4. The molecule has 0 radical (unpaired) electrons. The van der Waals surface area contributed by atoms with E-state index in [9.17, 15) is 4.79 Å². The summed E-state index contributed by atoms with van der Waals surface area (Å²) in [5.74, 6) is 0.365. The first-order valence-electron chi connectivity index (χ1n) is 7.00. The number of rotatable bonds is 3. The smallest absolute Gasteiger partial charge is 0.224 e. The lowest BCUT2D eigenvalue weighted by Gasteiger charge is -2.12. The number of nitrogens with one attached hydrogen (secondary N) is 2. The van der Waals surface area contributed by atoms with Crippen LogP contribution in [0, 0.1) is 5.92 Å². The van der Waals surface area contributed by atoms with Crippen LogP contribution in [-0.4, -0.2) is 30.9 Å². The van der Waals surface area contributed by atoms with Crippen LogP contribution in [0.5, 0.6) is 0 Å². The predicted molar refractivity (Wildman–Crippen MR) is 74.4 cm³/mol. The van der Waals surface area contributed by atoms with Gasteiger partial charge in [0.25, 0.3) is 0 Å². The molecule has 4 nitrogen and oxygen atoms in total. The number of hydrogen-bond donors (Lipinski definition) is 2. The molecule has 2 aliphatic rings. The number of likely N-dealkylation sites (tertiary alicyclic amines) is 1. The van der Waals surface area contributed by atoms with Gasteiger partial charge in [-0.15, -0.1) is 0 Å². The molecule has 0 aromatic heterocycles. The molecule has 1 atom stereocenters. The SMILES string of the molecule is CN1CCC(C(=O)NCc2ccc3c(c2)CNC3)C1. The first kappa shape index (κ1) is 12.6. The molecule has 1 fully saturated rings. The quantitative estimate of drug-likeness (QED) is 0.846. The molecule has 2 N–H and O–H groups in total.